The van der Waals surface area contributed by atoms with Crippen molar-refractivity contribution >= 4 is 11.6 Å². The van der Waals surface area contributed by atoms with Crippen molar-refractivity contribution in [3.05, 3.63) is 34.6 Å². The standard InChI is InChI=1S/C13H15ClFN/c14-10-4-1-3-9(11(10)15)13(16)7-12(8-13)5-2-6-12/h1,3-4H,2,5-8,16H2. The Labute approximate surface area is 99.8 Å². The molecule has 86 valence electrons. The molecule has 16 heavy (non-hydrogen) atoms. The number of hydrogen-bond acceptors (Lipinski definition) is 1. The van der Waals surface area contributed by atoms with Gasteiger partial charge in [-0.3, -0.25) is 0 Å². The van der Waals surface area contributed by atoms with Crippen molar-refractivity contribution in [3.63, 3.8) is 0 Å². The Kier molecular flexibility index (Phi) is 2.11. The number of hydrogen-bond donors (Lipinski definition) is 1. The number of benzene rings is 1. The number of rotatable bonds is 1. The molecule has 1 nitrogen and oxygen atoms in total. The molecule has 1 aromatic carbocycles. The lowest BCUT2D eigenvalue weighted by Crippen LogP contribution is -2.58. The first-order valence-corrected chi connectivity index (χ1v) is 6.16. The first kappa shape index (κ1) is 10.5. The van der Waals surface area contributed by atoms with Crippen molar-refractivity contribution in [2.24, 2.45) is 11.1 Å². The van der Waals surface area contributed by atoms with E-state index in [1.54, 1.807) is 18.2 Å². The molecule has 0 bridgehead atoms. The van der Waals surface area contributed by atoms with Crippen LogP contribution in [0.15, 0.2) is 18.2 Å². The van der Waals surface area contributed by atoms with Gasteiger partial charge in [-0.25, -0.2) is 4.39 Å². The average molecular weight is 240 g/mol. The van der Waals surface area contributed by atoms with E-state index in [1.165, 1.54) is 19.3 Å². The van der Waals surface area contributed by atoms with Crippen molar-refractivity contribution in [1.82, 2.24) is 0 Å². The fraction of sp³-hybridized carbons (Fsp3) is 0.538. The van der Waals surface area contributed by atoms with Gasteiger partial charge >= 0.3 is 0 Å². The zero-order valence-electron chi connectivity index (χ0n) is 9.10. The van der Waals surface area contributed by atoms with E-state index < -0.39 is 5.54 Å². The van der Waals surface area contributed by atoms with Gasteiger partial charge in [-0.2, -0.15) is 0 Å². The summed E-state index contributed by atoms with van der Waals surface area (Å²) >= 11 is 5.79. The largest absolute Gasteiger partial charge is 0.321 e. The monoisotopic (exact) mass is 239 g/mol. The summed E-state index contributed by atoms with van der Waals surface area (Å²) in [7, 11) is 0. The molecule has 0 atom stereocenters. The molecule has 1 aromatic rings. The van der Waals surface area contributed by atoms with Crippen LogP contribution in [0.1, 0.15) is 37.7 Å². The molecule has 0 saturated heterocycles. The predicted molar refractivity (Wildman–Crippen MR) is 62.8 cm³/mol. The minimum absolute atomic E-state index is 0.178. The Balaban J connectivity index is 1.90. The van der Waals surface area contributed by atoms with Crippen LogP contribution in [-0.4, -0.2) is 0 Å². The molecular formula is C13H15ClFN. The normalized spacial score (nSPS) is 24.9. The molecule has 2 saturated carbocycles. The molecule has 3 heteroatoms. The third kappa shape index (κ3) is 1.33. The molecule has 0 radical (unpaired) electrons. The van der Waals surface area contributed by atoms with Crippen LogP contribution in [0.2, 0.25) is 5.02 Å². The highest BCUT2D eigenvalue weighted by molar-refractivity contribution is 6.30. The zero-order chi connectivity index (χ0) is 11.4. The molecule has 2 aliphatic carbocycles. The summed E-state index contributed by atoms with van der Waals surface area (Å²) < 4.78 is 13.9. The maximum atomic E-state index is 13.9. The lowest BCUT2D eigenvalue weighted by Gasteiger charge is -2.60. The molecule has 3 rings (SSSR count). The van der Waals surface area contributed by atoms with E-state index in [2.05, 4.69) is 0 Å². The van der Waals surface area contributed by atoms with Gasteiger partial charge < -0.3 is 5.73 Å². The van der Waals surface area contributed by atoms with Crippen LogP contribution in [0.3, 0.4) is 0 Å². The second-order valence-electron chi connectivity index (χ2n) is 5.46. The summed E-state index contributed by atoms with van der Waals surface area (Å²) in [6.45, 7) is 0. The molecule has 2 N–H and O–H groups in total. The topological polar surface area (TPSA) is 26.0 Å². The summed E-state index contributed by atoms with van der Waals surface area (Å²) in [6, 6.07) is 5.12. The lowest BCUT2D eigenvalue weighted by atomic mass is 9.47. The Bertz CT molecular complexity index is 432. The van der Waals surface area contributed by atoms with Crippen LogP contribution in [0.25, 0.3) is 0 Å². The summed E-state index contributed by atoms with van der Waals surface area (Å²) in [5.41, 5.74) is 6.83. The molecule has 0 amide bonds. The van der Waals surface area contributed by atoms with E-state index in [4.69, 9.17) is 17.3 Å². The Morgan fingerprint density at radius 2 is 1.94 bits per heavy atom. The Morgan fingerprint density at radius 1 is 1.25 bits per heavy atom. The van der Waals surface area contributed by atoms with Crippen molar-refractivity contribution in [2.45, 2.75) is 37.6 Å². The van der Waals surface area contributed by atoms with Gasteiger partial charge in [0.1, 0.15) is 5.82 Å². The van der Waals surface area contributed by atoms with E-state index in [0.29, 0.717) is 11.0 Å². The van der Waals surface area contributed by atoms with E-state index in [1.807, 2.05) is 0 Å². The maximum Gasteiger partial charge on any atom is 0.146 e. The summed E-state index contributed by atoms with van der Waals surface area (Å²) in [5, 5.41) is 0.178. The lowest BCUT2D eigenvalue weighted by molar-refractivity contribution is -0.0476. The van der Waals surface area contributed by atoms with Gasteiger partial charge in [0.2, 0.25) is 0 Å². The van der Waals surface area contributed by atoms with Gasteiger partial charge in [0.05, 0.1) is 5.02 Å². The molecule has 2 aliphatic rings. The van der Waals surface area contributed by atoms with Crippen molar-refractivity contribution in [3.8, 4) is 0 Å². The van der Waals surface area contributed by atoms with Crippen molar-refractivity contribution in [1.29, 1.82) is 0 Å². The molecule has 0 aliphatic heterocycles. The van der Waals surface area contributed by atoms with Crippen LogP contribution in [-0.2, 0) is 5.54 Å². The van der Waals surface area contributed by atoms with Crippen LogP contribution in [0, 0.1) is 11.2 Å². The summed E-state index contributed by atoms with van der Waals surface area (Å²) in [4.78, 5) is 0. The maximum absolute atomic E-state index is 13.9. The molecule has 0 aromatic heterocycles. The Morgan fingerprint density at radius 3 is 2.50 bits per heavy atom. The summed E-state index contributed by atoms with van der Waals surface area (Å²) in [5.74, 6) is -0.333. The van der Waals surface area contributed by atoms with Gasteiger partial charge in [0, 0.05) is 11.1 Å². The van der Waals surface area contributed by atoms with E-state index in [-0.39, 0.29) is 10.8 Å². The Hall–Kier alpha value is -0.600. The fourth-order valence-electron chi connectivity index (χ4n) is 3.40. The second-order valence-corrected chi connectivity index (χ2v) is 5.87. The molecule has 2 fully saturated rings. The SMILES string of the molecule is NC1(c2cccc(Cl)c2F)CC2(CCC2)C1. The van der Waals surface area contributed by atoms with Crippen molar-refractivity contribution in [2.75, 3.05) is 0 Å². The zero-order valence-corrected chi connectivity index (χ0v) is 9.86. The number of nitrogens with two attached hydrogens (primary N) is 1. The van der Waals surface area contributed by atoms with E-state index in [0.717, 1.165) is 12.8 Å². The highest BCUT2D eigenvalue weighted by Crippen LogP contribution is 2.63. The minimum atomic E-state index is -0.477. The highest BCUT2D eigenvalue weighted by atomic mass is 35.5. The summed E-state index contributed by atoms with van der Waals surface area (Å²) in [6.07, 6.45) is 5.64. The molecule has 0 unspecified atom stereocenters. The third-order valence-corrected chi connectivity index (χ3v) is 4.58. The third-order valence-electron chi connectivity index (χ3n) is 4.28. The fourth-order valence-corrected chi connectivity index (χ4v) is 3.57. The minimum Gasteiger partial charge on any atom is -0.321 e. The van der Waals surface area contributed by atoms with E-state index in [9.17, 15) is 4.39 Å². The van der Waals surface area contributed by atoms with E-state index >= 15 is 0 Å². The first-order chi connectivity index (χ1) is 7.55. The van der Waals surface area contributed by atoms with Crippen molar-refractivity contribution < 1.29 is 4.39 Å². The van der Waals surface area contributed by atoms with Gasteiger partial charge in [-0.15, -0.1) is 0 Å². The van der Waals surface area contributed by atoms with Crippen LogP contribution in [0.5, 0.6) is 0 Å². The molecule has 1 spiro atoms. The number of halogens is 2. The molecule has 0 heterocycles. The predicted octanol–water partition coefficient (Wildman–Crippen LogP) is 3.60. The highest BCUT2D eigenvalue weighted by Gasteiger charge is 2.56. The smallest absolute Gasteiger partial charge is 0.146 e. The van der Waals surface area contributed by atoms with Gasteiger partial charge in [0.15, 0.2) is 0 Å². The van der Waals surface area contributed by atoms with Crippen LogP contribution < -0.4 is 5.73 Å². The first-order valence-electron chi connectivity index (χ1n) is 5.78. The second kappa shape index (κ2) is 3.21. The van der Waals surface area contributed by atoms with Gasteiger partial charge in [0.25, 0.3) is 0 Å². The van der Waals surface area contributed by atoms with Crippen LogP contribution >= 0.6 is 11.6 Å². The average Bonchev–Trinajstić information content (AvgIpc) is 2.14. The quantitative estimate of drug-likeness (QED) is 0.796. The van der Waals surface area contributed by atoms with Gasteiger partial charge in [-0.1, -0.05) is 30.2 Å². The van der Waals surface area contributed by atoms with Crippen LogP contribution in [0.4, 0.5) is 4.39 Å². The van der Waals surface area contributed by atoms with Gasteiger partial charge in [-0.05, 0) is 37.2 Å². The molecular weight excluding hydrogens is 225 g/mol.